The molecule has 1 heterocycles. The Labute approximate surface area is 155 Å². The summed E-state index contributed by atoms with van der Waals surface area (Å²) in [5, 5.41) is 6.04. The maximum atomic E-state index is 13.0. The molecule has 27 heavy (non-hydrogen) atoms. The maximum absolute atomic E-state index is 13.0. The second-order valence-corrected chi connectivity index (χ2v) is 5.30. The van der Waals surface area contributed by atoms with E-state index in [1.165, 1.54) is 39.8 Å². The number of methoxy groups -OCH3 is 3. The number of ether oxygens (including phenoxy) is 3. The number of hydrogen-bond donors (Lipinski definition) is 2. The van der Waals surface area contributed by atoms with Crippen LogP contribution in [0.3, 0.4) is 0 Å². The van der Waals surface area contributed by atoms with E-state index in [9.17, 15) is 4.39 Å². The molecule has 2 aromatic carbocycles. The van der Waals surface area contributed by atoms with Crippen molar-refractivity contribution in [2.45, 2.75) is 0 Å². The third-order valence-electron chi connectivity index (χ3n) is 3.59. The van der Waals surface area contributed by atoms with Crippen LogP contribution in [0, 0.1) is 5.82 Å². The number of hydrogen-bond acceptors (Lipinski definition) is 8. The fourth-order valence-corrected chi connectivity index (χ4v) is 2.36. The third kappa shape index (κ3) is 4.32. The fraction of sp³-hybridized carbons (Fsp3) is 0.167. The molecule has 0 amide bonds. The SMILES string of the molecule is COc1cc(Nc2ncnc(Nc3ccc(F)cc3)n2)cc(OC)c1OC. The maximum Gasteiger partial charge on any atom is 0.232 e. The molecule has 0 aliphatic rings. The highest BCUT2D eigenvalue weighted by atomic mass is 19.1. The summed E-state index contributed by atoms with van der Waals surface area (Å²) >= 11 is 0. The van der Waals surface area contributed by atoms with Crippen molar-refractivity contribution in [2.75, 3.05) is 32.0 Å². The van der Waals surface area contributed by atoms with Crippen molar-refractivity contribution in [1.29, 1.82) is 0 Å². The van der Waals surface area contributed by atoms with E-state index in [2.05, 4.69) is 25.6 Å². The summed E-state index contributed by atoms with van der Waals surface area (Å²) in [4.78, 5) is 12.4. The lowest BCUT2D eigenvalue weighted by molar-refractivity contribution is 0.324. The average molecular weight is 371 g/mol. The minimum absolute atomic E-state index is 0.309. The number of benzene rings is 2. The third-order valence-corrected chi connectivity index (χ3v) is 3.59. The number of rotatable bonds is 7. The number of nitrogens with one attached hydrogen (secondary N) is 2. The number of anilines is 4. The Bertz CT molecular complexity index is 896. The van der Waals surface area contributed by atoms with Gasteiger partial charge in [0.2, 0.25) is 17.6 Å². The van der Waals surface area contributed by atoms with E-state index in [1.807, 2.05) is 0 Å². The lowest BCUT2D eigenvalue weighted by atomic mass is 10.2. The van der Waals surface area contributed by atoms with Crippen LogP contribution in [0.4, 0.5) is 27.7 Å². The molecule has 1 aromatic heterocycles. The first-order valence-electron chi connectivity index (χ1n) is 7.91. The normalized spacial score (nSPS) is 10.2. The van der Waals surface area contributed by atoms with Crippen LogP contribution >= 0.6 is 0 Å². The van der Waals surface area contributed by atoms with Gasteiger partial charge in [-0.05, 0) is 24.3 Å². The van der Waals surface area contributed by atoms with Crippen molar-refractivity contribution < 1.29 is 18.6 Å². The van der Waals surface area contributed by atoms with Crippen LogP contribution in [0.25, 0.3) is 0 Å². The quantitative estimate of drug-likeness (QED) is 0.652. The van der Waals surface area contributed by atoms with E-state index in [0.29, 0.717) is 40.5 Å². The monoisotopic (exact) mass is 371 g/mol. The van der Waals surface area contributed by atoms with Crippen LogP contribution in [-0.2, 0) is 0 Å². The van der Waals surface area contributed by atoms with E-state index in [4.69, 9.17) is 14.2 Å². The molecule has 0 aliphatic heterocycles. The van der Waals surface area contributed by atoms with Gasteiger partial charge in [-0.25, -0.2) is 14.4 Å². The Morgan fingerprint density at radius 3 is 1.85 bits per heavy atom. The summed E-state index contributed by atoms with van der Waals surface area (Å²) in [5.74, 6) is 1.78. The molecule has 8 nitrogen and oxygen atoms in total. The lowest BCUT2D eigenvalue weighted by Crippen LogP contribution is -2.03. The highest BCUT2D eigenvalue weighted by molar-refractivity contribution is 5.66. The van der Waals surface area contributed by atoms with Gasteiger partial charge in [0.15, 0.2) is 11.5 Å². The van der Waals surface area contributed by atoms with Crippen LogP contribution in [0.15, 0.2) is 42.7 Å². The van der Waals surface area contributed by atoms with Crippen molar-refractivity contribution in [3.8, 4) is 17.2 Å². The van der Waals surface area contributed by atoms with Gasteiger partial charge in [0.1, 0.15) is 12.1 Å². The van der Waals surface area contributed by atoms with Gasteiger partial charge in [0.05, 0.1) is 21.3 Å². The summed E-state index contributed by atoms with van der Waals surface area (Å²) in [7, 11) is 4.61. The predicted octanol–water partition coefficient (Wildman–Crippen LogP) is 3.52. The molecule has 3 aromatic rings. The average Bonchev–Trinajstić information content (AvgIpc) is 2.69. The Morgan fingerprint density at radius 2 is 1.33 bits per heavy atom. The molecule has 0 fully saturated rings. The first kappa shape index (κ1) is 18.2. The second-order valence-electron chi connectivity index (χ2n) is 5.30. The van der Waals surface area contributed by atoms with Gasteiger partial charge in [0.25, 0.3) is 0 Å². The number of aromatic nitrogens is 3. The zero-order valence-electron chi connectivity index (χ0n) is 15.0. The van der Waals surface area contributed by atoms with Gasteiger partial charge < -0.3 is 24.8 Å². The number of nitrogens with zero attached hydrogens (tertiary/aromatic N) is 3. The molecule has 0 unspecified atom stereocenters. The standard InChI is InChI=1S/C18H18FN5O3/c1-25-14-8-13(9-15(26-2)16(14)27-3)23-18-21-10-20-17(24-18)22-12-6-4-11(19)5-7-12/h4-10H,1-3H3,(H2,20,21,22,23,24). The Kier molecular flexibility index (Phi) is 5.50. The summed E-state index contributed by atoms with van der Waals surface area (Å²) in [6.45, 7) is 0. The van der Waals surface area contributed by atoms with Gasteiger partial charge in [-0.15, -0.1) is 0 Å². The molecule has 0 saturated carbocycles. The zero-order valence-corrected chi connectivity index (χ0v) is 15.0. The molecular weight excluding hydrogens is 353 g/mol. The Hall–Kier alpha value is -3.62. The van der Waals surface area contributed by atoms with Crippen LogP contribution in [0.2, 0.25) is 0 Å². The van der Waals surface area contributed by atoms with E-state index < -0.39 is 0 Å². The molecule has 9 heteroatoms. The molecule has 3 rings (SSSR count). The molecule has 0 bridgehead atoms. The Morgan fingerprint density at radius 1 is 0.778 bits per heavy atom. The second kappa shape index (κ2) is 8.17. The summed E-state index contributed by atoms with van der Waals surface area (Å²) in [5.41, 5.74) is 1.30. The van der Waals surface area contributed by atoms with Crippen LogP contribution in [-0.4, -0.2) is 36.3 Å². The highest BCUT2D eigenvalue weighted by Crippen LogP contribution is 2.40. The zero-order chi connectivity index (χ0) is 19.2. The van der Waals surface area contributed by atoms with Gasteiger partial charge in [-0.3, -0.25) is 0 Å². The van der Waals surface area contributed by atoms with Gasteiger partial charge >= 0.3 is 0 Å². The van der Waals surface area contributed by atoms with Crippen LogP contribution in [0.1, 0.15) is 0 Å². The first-order chi connectivity index (χ1) is 13.1. The molecule has 0 saturated heterocycles. The minimum Gasteiger partial charge on any atom is -0.493 e. The van der Waals surface area contributed by atoms with Crippen LogP contribution in [0.5, 0.6) is 17.2 Å². The molecular formula is C18H18FN5O3. The van der Waals surface area contributed by atoms with Gasteiger partial charge in [-0.1, -0.05) is 0 Å². The van der Waals surface area contributed by atoms with Gasteiger partial charge in [-0.2, -0.15) is 4.98 Å². The molecule has 2 N–H and O–H groups in total. The smallest absolute Gasteiger partial charge is 0.232 e. The fourth-order valence-electron chi connectivity index (χ4n) is 2.36. The molecule has 0 spiro atoms. The van der Waals surface area contributed by atoms with Crippen molar-refractivity contribution in [3.05, 3.63) is 48.5 Å². The van der Waals surface area contributed by atoms with Crippen molar-refractivity contribution >= 4 is 23.3 Å². The first-order valence-corrected chi connectivity index (χ1v) is 7.91. The van der Waals surface area contributed by atoms with E-state index >= 15 is 0 Å². The van der Waals surface area contributed by atoms with Crippen molar-refractivity contribution in [3.63, 3.8) is 0 Å². The van der Waals surface area contributed by atoms with E-state index in [-0.39, 0.29) is 5.82 Å². The molecule has 0 aliphatic carbocycles. The topological polar surface area (TPSA) is 90.4 Å². The largest absolute Gasteiger partial charge is 0.493 e. The van der Waals surface area contributed by atoms with E-state index in [1.54, 1.807) is 24.3 Å². The summed E-state index contributed by atoms with van der Waals surface area (Å²) in [6.07, 6.45) is 1.36. The lowest BCUT2D eigenvalue weighted by Gasteiger charge is -2.14. The summed E-state index contributed by atoms with van der Waals surface area (Å²) in [6, 6.07) is 9.34. The van der Waals surface area contributed by atoms with Crippen molar-refractivity contribution in [2.24, 2.45) is 0 Å². The predicted molar refractivity (Wildman–Crippen MR) is 98.9 cm³/mol. The highest BCUT2D eigenvalue weighted by Gasteiger charge is 2.14. The molecule has 0 atom stereocenters. The van der Waals surface area contributed by atoms with E-state index in [0.717, 1.165) is 0 Å². The number of halogens is 1. The van der Waals surface area contributed by atoms with Crippen LogP contribution < -0.4 is 24.8 Å². The minimum atomic E-state index is -0.319. The molecule has 140 valence electrons. The molecule has 0 radical (unpaired) electrons. The Balaban J connectivity index is 1.82. The van der Waals surface area contributed by atoms with Crippen molar-refractivity contribution in [1.82, 2.24) is 15.0 Å². The van der Waals surface area contributed by atoms with Gasteiger partial charge in [0, 0.05) is 23.5 Å². The summed E-state index contributed by atoms with van der Waals surface area (Å²) < 4.78 is 29.0.